The van der Waals surface area contributed by atoms with Crippen LogP contribution < -0.4 is 0 Å². The van der Waals surface area contributed by atoms with E-state index >= 15 is 0 Å². The fraction of sp³-hybridized carbons (Fsp3) is 0.700. The molecule has 2 rings (SSSR count). The molecule has 0 saturated carbocycles. The van der Waals surface area contributed by atoms with Gasteiger partial charge < -0.3 is 14.9 Å². The highest BCUT2D eigenvalue weighted by Gasteiger charge is 2.42. The highest BCUT2D eigenvalue weighted by molar-refractivity contribution is 5.90. The number of esters is 1. The molecule has 0 aromatic rings. The first kappa shape index (κ1) is 9.52. The maximum Gasteiger partial charge on any atom is 0.338 e. The van der Waals surface area contributed by atoms with Gasteiger partial charge in [0.15, 0.2) is 0 Å². The van der Waals surface area contributed by atoms with Crippen LogP contribution in [0.4, 0.5) is 0 Å². The Morgan fingerprint density at radius 1 is 1.50 bits per heavy atom. The third kappa shape index (κ3) is 1.30. The molecule has 1 fully saturated rings. The molecule has 14 heavy (non-hydrogen) atoms. The minimum absolute atomic E-state index is 0.0946. The fourth-order valence-corrected chi connectivity index (χ4v) is 2.22. The molecule has 1 aliphatic heterocycles. The average molecular weight is 198 g/mol. The monoisotopic (exact) mass is 198 g/mol. The highest BCUT2D eigenvalue weighted by atomic mass is 16.6. The molecule has 0 aromatic carbocycles. The first-order valence-corrected chi connectivity index (χ1v) is 4.92. The molecule has 2 aliphatic rings. The van der Waals surface area contributed by atoms with E-state index in [4.69, 9.17) is 4.74 Å². The number of allylic oxidation sites excluding steroid dienone is 1. The summed E-state index contributed by atoms with van der Waals surface area (Å²) in [7, 11) is 0. The van der Waals surface area contributed by atoms with Crippen LogP contribution in [0.1, 0.15) is 26.2 Å². The zero-order valence-corrected chi connectivity index (χ0v) is 8.06. The van der Waals surface area contributed by atoms with E-state index in [1.807, 2.05) is 0 Å². The van der Waals surface area contributed by atoms with Crippen molar-refractivity contribution in [1.29, 1.82) is 0 Å². The molecule has 1 heterocycles. The Labute approximate surface area is 82.2 Å². The minimum Gasteiger partial charge on any atom is -0.512 e. The van der Waals surface area contributed by atoms with E-state index in [-0.39, 0.29) is 11.7 Å². The van der Waals surface area contributed by atoms with E-state index in [1.54, 1.807) is 6.92 Å². The van der Waals surface area contributed by atoms with E-state index in [2.05, 4.69) is 0 Å². The Morgan fingerprint density at radius 2 is 2.21 bits per heavy atom. The van der Waals surface area contributed by atoms with Gasteiger partial charge in [-0.15, -0.1) is 0 Å². The Hall–Kier alpha value is -1.03. The summed E-state index contributed by atoms with van der Waals surface area (Å²) in [6.45, 7) is 1.67. The summed E-state index contributed by atoms with van der Waals surface area (Å²) in [4.78, 5) is 11.4. The molecule has 0 radical (unpaired) electrons. The summed E-state index contributed by atoms with van der Waals surface area (Å²) < 4.78 is 4.93. The highest BCUT2D eigenvalue weighted by Crippen LogP contribution is 2.36. The minimum atomic E-state index is -0.676. The molecular weight excluding hydrogens is 184 g/mol. The number of rotatable bonds is 0. The molecular formula is C10H14O4. The quantitative estimate of drug-likeness (QED) is 0.568. The van der Waals surface area contributed by atoms with Crippen molar-refractivity contribution in [2.45, 2.75) is 38.4 Å². The van der Waals surface area contributed by atoms with Crippen LogP contribution in [0.5, 0.6) is 0 Å². The maximum absolute atomic E-state index is 11.4. The lowest BCUT2D eigenvalue weighted by molar-refractivity contribution is -0.160. The Kier molecular flexibility index (Phi) is 2.23. The number of ether oxygens (including phenoxy) is 1. The lowest BCUT2D eigenvalue weighted by Gasteiger charge is -2.36. The van der Waals surface area contributed by atoms with Gasteiger partial charge in [-0.25, -0.2) is 4.79 Å². The first-order valence-electron chi connectivity index (χ1n) is 4.92. The van der Waals surface area contributed by atoms with Crippen LogP contribution >= 0.6 is 0 Å². The normalized spacial score (nSPS) is 37.9. The van der Waals surface area contributed by atoms with Gasteiger partial charge in [-0.1, -0.05) is 0 Å². The molecule has 1 saturated heterocycles. The van der Waals surface area contributed by atoms with Crippen molar-refractivity contribution in [3.8, 4) is 0 Å². The lowest BCUT2D eigenvalue weighted by Crippen LogP contribution is -2.44. The zero-order valence-electron chi connectivity index (χ0n) is 8.06. The van der Waals surface area contributed by atoms with Crippen molar-refractivity contribution in [3.05, 3.63) is 11.3 Å². The number of hydrogen-bond acceptors (Lipinski definition) is 4. The second kappa shape index (κ2) is 3.28. The molecule has 3 atom stereocenters. The maximum atomic E-state index is 11.4. The van der Waals surface area contributed by atoms with Crippen LogP contribution in [-0.4, -0.2) is 28.4 Å². The topological polar surface area (TPSA) is 66.8 Å². The molecule has 4 nitrogen and oxygen atoms in total. The van der Waals surface area contributed by atoms with Gasteiger partial charge in [0.25, 0.3) is 0 Å². The number of aliphatic hydroxyl groups excluding tert-OH is 2. The number of carbonyl (C=O) groups excluding carboxylic acids is 1. The molecule has 0 amide bonds. The molecule has 0 spiro atoms. The van der Waals surface area contributed by atoms with Gasteiger partial charge >= 0.3 is 5.97 Å². The number of carbonyl (C=O) groups is 1. The number of fused-ring (bicyclic) bond motifs is 1. The third-order valence-corrected chi connectivity index (χ3v) is 3.02. The number of cyclic esters (lactones) is 1. The van der Waals surface area contributed by atoms with Crippen molar-refractivity contribution >= 4 is 5.97 Å². The van der Waals surface area contributed by atoms with Crippen molar-refractivity contribution in [3.63, 3.8) is 0 Å². The van der Waals surface area contributed by atoms with E-state index in [9.17, 15) is 15.0 Å². The number of aliphatic hydroxyl groups is 2. The molecule has 0 unspecified atom stereocenters. The molecule has 78 valence electrons. The van der Waals surface area contributed by atoms with Crippen LogP contribution in [0.15, 0.2) is 11.3 Å². The predicted molar refractivity (Wildman–Crippen MR) is 48.6 cm³/mol. The average Bonchev–Trinajstić information content (AvgIpc) is 2.14. The van der Waals surface area contributed by atoms with Crippen molar-refractivity contribution < 1.29 is 19.7 Å². The van der Waals surface area contributed by atoms with Gasteiger partial charge in [0.1, 0.15) is 11.9 Å². The smallest absolute Gasteiger partial charge is 0.338 e. The SMILES string of the molecule is C[C@@H]1OC(=O)C2=C(O)CCC[C@@H]2[C@H]1O. The molecule has 4 heteroatoms. The van der Waals surface area contributed by atoms with Crippen LogP contribution in [0.2, 0.25) is 0 Å². The van der Waals surface area contributed by atoms with E-state index in [0.717, 1.165) is 12.8 Å². The van der Waals surface area contributed by atoms with Gasteiger partial charge in [0.2, 0.25) is 0 Å². The molecule has 1 aliphatic carbocycles. The van der Waals surface area contributed by atoms with Crippen LogP contribution in [0.3, 0.4) is 0 Å². The Morgan fingerprint density at radius 3 is 2.93 bits per heavy atom. The van der Waals surface area contributed by atoms with Gasteiger partial charge in [0.05, 0.1) is 11.7 Å². The second-order valence-corrected chi connectivity index (χ2v) is 3.96. The van der Waals surface area contributed by atoms with Crippen LogP contribution in [0, 0.1) is 5.92 Å². The molecule has 0 bridgehead atoms. The lowest BCUT2D eigenvalue weighted by atomic mass is 9.79. The van der Waals surface area contributed by atoms with Crippen molar-refractivity contribution in [2.75, 3.05) is 0 Å². The Bertz CT molecular complexity index is 294. The van der Waals surface area contributed by atoms with Crippen molar-refractivity contribution in [1.82, 2.24) is 0 Å². The standard InChI is InChI=1S/C10H14O4/c1-5-9(12)6-3-2-4-7(11)8(6)10(13)14-5/h5-6,9,11-12H,2-4H2,1H3/t5-,6-,9-/m0/s1. The summed E-state index contributed by atoms with van der Waals surface area (Å²) in [5, 5.41) is 19.3. The summed E-state index contributed by atoms with van der Waals surface area (Å²) in [6, 6.07) is 0. The predicted octanol–water partition coefficient (Wildman–Crippen LogP) is 0.905. The fourth-order valence-electron chi connectivity index (χ4n) is 2.22. The van der Waals surface area contributed by atoms with E-state index < -0.39 is 18.2 Å². The first-order chi connectivity index (χ1) is 6.61. The summed E-state index contributed by atoms with van der Waals surface area (Å²) in [6.07, 6.45) is 0.936. The van der Waals surface area contributed by atoms with Gasteiger partial charge in [0, 0.05) is 12.3 Å². The van der Waals surface area contributed by atoms with Gasteiger partial charge in [-0.05, 0) is 19.8 Å². The Balaban J connectivity index is 2.36. The molecule has 0 aromatic heterocycles. The number of hydrogen-bond donors (Lipinski definition) is 2. The van der Waals surface area contributed by atoms with Crippen LogP contribution in [0.25, 0.3) is 0 Å². The van der Waals surface area contributed by atoms with Gasteiger partial charge in [-0.2, -0.15) is 0 Å². The zero-order chi connectivity index (χ0) is 10.3. The summed E-state index contributed by atoms with van der Waals surface area (Å²) in [5.41, 5.74) is 0.293. The van der Waals surface area contributed by atoms with Crippen LogP contribution in [-0.2, 0) is 9.53 Å². The summed E-state index contributed by atoms with van der Waals surface area (Å²) in [5.74, 6) is -0.609. The van der Waals surface area contributed by atoms with E-state index in [0.29, 0.717) is 12.0 Å². The van der Waals surface area contributed by atoms with E-state index in [1.165, 1.54) is 0 Å². The summed E-state index contributed by atoms with van der Waals surface area (Å²) >= 11 is 0. The van der Waals surface area contributed by atoms with Gasteiger partial charge in [-0.3, -0.25) is 0 Å². The second-order valence-electron chi connectivity index (χ2n) is 3.96. The molecule has 2 N–H and O–H groups in total. The van der Waals surface area contributed by atoms with Crippen molar-refractivity contribution in [2.24, 2.45) is 5.92 Å². The third-order valence-electron chi connectivity index (χ3n) is 3.02. The largest absolute Gasteiger partial charge is 0.512 e.